The van der Waals surface area contributed by atoms with Crippen molar-refractivity contribution in [1.29, 1.82) is 0 Å². The van der Waals surface area contributed by atoms with Gasteiger partial charge >= 0.3 is 0 Å². The number of nitrogens with zero attached hydrogens (tertiary/aromatic N) is 3. The van der Waals surface area contributed by atoms with Crippen LogP contribution >= 0.6 is 0 Å². The molecule has 0 N–H and O–H groups in total. The first-order chi connectivity index (χ1) is 13.9. The van der Waals surface area contributed by atoms with Crippen LogP contribution in [0.4, 0.5) is 4.39 Å². The molecule has 1 fully saturated rings. The standard InChI is InChI=1S/C21H26FN3O3S/c1-3-4-11-29(27)24-14(2)16-12-15(22)13-17-18(16)23-20-21(6-9-28-10-7-21)5-8-25(20)19(17)26/h12-13H,3-11H2,1-2H3/b24-14-/t29-/m1/s1. The molecule has 0 radical (unpaired) electrons. The summed E-state index contributed by atoms with van der Waals surface area (Å²) < 4.78 is 38.1. The molecule has 1 aromatic heterocycles. The molecule has 8 heteroatoms. The summed E-state index contributed by atoms with van der Waals surface area (Å²) in [6.07, 6.45) is 4.25. The van der Waals surface area contributed by atoms with Gasteiger partial charge in [0, 0.05) is 36.5 Å². The van der Waals surface area contributed by atoms with E-state index in [9.17, 15) is 13.4 Å². The van der Waals surface area contributed by atoms with Crippen molar-refractivity contribution in [3.05, 3.63) is 39.7 Å². The molecule has 2 aliphatic heterocycles. The van der Waals surface area contributed by atoms with Crippen molar-refractivity contribution in [2.24, 2.45) is 4.40 Å². The first-order valence-electron chi connectivity index (χ1n) is 10.2. The molecule has 4 rings (SSSR count). The average molecular weight is 420 g/mol. The Hall–Kier alpha value is -1.93. The molecular weight excluding hydrogens is 393 g/mol. The van der Waals surface area contributed by atoms with Crippen molar-refractivity contribution in [2.75, 3.05) is 19.0 Å². The van der Waals surface area contributed by atoms with E-state index in [4.69, 9.17) is 9.72 Å². The fourth-order valence-electron chi connectivity index (χ4n) is 4.37. The van der Waals surface area contributed by atoms with Gasteiger partial charge in [0.1, 0.15) is 22.6 Å². The quantitative estimate of drug-likeness (QED) is 0.698. The molecule has 29 heavy (non-hydrogen) atoms. The Balaban J connectivity index is 1.87. The zero-order valence-electron chi connectivity index (χ0n) is 16.9. The van der Waals surface area contributed by atoms with E-state index in [0.29, 0.717) is 42.3 Å². The van der Waals surface area contributed by atoms with Crippen LogP contribution in [-0.2, 0) is 27.7 Å². The van der Waals surface area contributed by atoms with Gasteiger partial charge < -0.3 is 4.74 Å². The molecule has 6 nitrogen and oxygen atoms in total. The number of rotatable bonds is 5. The number of unbranched alkanes of at least 4 members (excludes halogenated alkanes) is 1. The summed E-state index contributed by atoms with van der Waals surface area (Å²) >= 11 is 0. The van der Waals surface area contributed by atoms with Gasteiger partial charge in [0.05, 0.1) is 16.6 Å². The van der Waals surface area contributed by atoms with Crippen LogP contribution in [0.2, 0.25) is 0 Å². The van der Waals surface area contributed by atoms with Gasteiger partial charge in [-0.15, -0.1) is 0 Å². The summed E-state index contributed by atoms with van der Waals surface area (Å²) in [5.74, 6) is 0.723. The third-order valence-electron chi connectivity index (χ3n) is 6.06. The van der Waals surface area contributed by atoms with E-state index >= 15 is 0 Å². The van der Waals surface area contributed by atoms with E-state index in [1.165, 1.54) is 12.1 Å². The van der Waals surface area contributed by atoms with Gasteiger partial charge in [0.25, 0.3) is 5.56 Å². The number of hydrogen-bond donors (Lipinski definition) is 0. The maximum atomic E-state index is 14.4. The Labute approximate surface area is 171 Å². The van der Waals surface area contributed by atoms with E-state index in [1.807, 2.05) is 6.92 Å². The van der Waals surface area contributed by atoms with E-state index in [1.54, 1.807) is 11.5 Å². The highest BCUT2D eigenvalue weighted by molar-refractivity contribution is 7.83. The lowest BCUT2D eigenvalue weighted by Gasteiger charge is -2.32. The highest BCUT2D eigenvalue weighted by atomic mass is 32.2. The largest absolute Gasteiger partial charge is 0.381 e. The van der Waals surface area contributed by atoms with Gasteiger partial charge in [-0.1, -0.05) is 13.3 Å². The second-order valence-electron chi connectivity index (χ2n) is 7.94. The monoisotopic (exact) mass is 419 g/mol. The molecule has 1 atom stereocenters. The lowest BCUT2D eigenvalue weighted by Crippen LogP contribution is -2.34. The fourth-order valence-corrected chi connectivity index (χ4v) is 5.40. The molecule has 0 amide bonds. The van der Waals surface area contributed by atoms with E-state index in [-0.39, 0.29) is 16.4 Å². The minimum Gasteiger partial charge on any atom is -0.381 e. The van der Waals surface area contributed by atoms with Crippen LogP contribution in [-0.4, -0.2) is 38.4 Å². The Kier molecular flexibility index (Phi) is 5.66. The maximum Gasteiger partial charge on any atom is 0.261 e. The number of hydrogen-bond acceptors (Lipinski definition) is 4. The summed E-state index contributed by atoms with van der Waals surface area (Å²) in [6, 6.07) is 2.59. The predicted molar refractivity (Wildman–Crippen MR) is 112 cm³/mol. The molecule has 0 saturated carbocycles. The van der Waals surface area contributed by atoms with Crippen LogP contribution in [0.25, 0.3) is 10.9 Å². The minimum absolute atomic E-state index is 0.160. The molecule has 156 valence electrons. The van der Waals surface area contributed by atoms with Crippen LogP contribution in [0.1, 0.15) is 57.3 Å². The van der Waals surface area contributed by atoms with Gasteiger partial charge in [-0.25, -0.2) is 13.6 Å². The Morgan fingerprint density at radius 3 is 2.83 bits per heavy atom. The highest BCUT2D eigenvalue weighted by Gasteiger charge is 2.43. The third kappa shape index (κ3) is 3.68. The molecule has 1 aromatic carbocycles. The van der Waals surface area contributed by atoms with Crippen molar-refractivity contribution < 1.29 is 13.3 Å². The molecule has 0 aliphatic carbocycles. The lowest BCUT2D eigenvalue weighted by molar-refractivity contribution is 0.0492. The second kappa shape index (κ2) is 8.07. The minimum atomic E-state index is -1.38. The average Bonchev–Trinajstić information content (AvgIpc) is 3.05. The lowest BCUT2D eigenvalue weighted by atomic mass is 9.78. The number of benzene rings is 1. The Morgan fingerprint density at radius 2 is 2.10 bits per heavy atom. The summed E-state index contributed by atoms with van der Waals surface area (Å²) in [6.45, 7) is 5.63. The van der Waals surface area contributed by atoms with Crippen LogP contribution in [0.5, 0.6) is 0 Å². The van der Waals surface area contributed by atoms with Crippen LogP contribution in [0.3, 0.4) is 0 Å². The zero-order valence-corrected chi connectivity index (χ0v) is 17.7. The number of ether oxygens (including phenoxy) is 1. The van der Waals surface area contributed by atoms with Crippen molar-refractivity contribution in [3.8, 4) is 0 Å². The van der Waals surface area contributed by atoms with Crippen LogP contribution in [0.15, 0.2) is 21.3 Å². The molecule has 3 heterocycles. The van der Waals surface area contributed by atoms with E-state index in [0.717, 1.165) is 37.9 Å². The summed E-state index contributed by atoms with van der Waals surface area (Å²) in [4.78, 5) is 18.0. The van der Waals surface area contributed by atoms with Crippen molar-refractivity contribution >= 4 is 27.6 Å². The molecule has 2 aliphatic rings. The van der Waals surface area contributed by atoms with E-state index in [2.05, 4.69) is 4.40 Å². The van der Waals surface area contributed by atoms with Gasteiger partial charge in [0.2, 0.25) is 0 Å². The first kappa shape index (κ1) is 20.3. The summed E-state index contributed by atoms with van der Waals surface area (Å²) in [5.41, 5.74) is 0.962. The zero-order chi connectivity index (χ0) is 20.6. The molecule has 0 unspecified atom stereocenters. The Bertz CT molecular complexity index is 1060. The number of halogens is 1. The predicted octanol–water partition coefficient (Wildman–Crippen LogP) is 3.26. The summed E-state index contributed by atoms with van der Waals surface area (Å²) in [5, 5.41) is 0.252. The Morgan fingerprint density at radius 1 is 1.34 bits per heavy atom. The van der Waals surface area contributed by atoms with Gasteiger partial charge in [0.15, 0.2) is 0 Å². The molecule has 1 spiro atoms. The topological polar surface area (TPSA) is 73.5 Å². The number of aromatic nitrogens is 2. The van der Waals surface area contributed by atoms with Crippen molar-refractivity contribution in [3.63, 3.8) is 0 Å². The molecule has 0 bridgehead atoms. The van der Waals surface area contributed by atoms with Gasteiger partial charge in [-0.05, 0) is 44.7 Å². The van der Waals surface area contributed by atoms with Crippen LogP contribution in [0, 0.1) is 5.82 Å². The molecule has 1 saturated heterocycles. The van der Waals surface area contributed by atoms with Crippen molar-refractivity contribution in [1.82, 2.24) is 9.55 Å². The second-order valence-corrected chi connectivity index (χ2v) is 9.17. The fraction of sp³-hybridized carbons (Fsp3) is 0.571. The normalized spacial score (nSPS) is 19.6. The highest BCUT2D eigenvalue weighted by Crippen LogP contribution is 2.41. The van der Waals surface area contributed by atoms with Crippen molar-refractivity contribution in [2.45, 2.75) is 57.9 Å². The third-order valence-corrected chi connectivity index (χ3v) is 7.18. The molecule has 2 aromatic rings. The summed E-state index contributed by atoms with van der Waals surface area (Å²) in [7, 11) is -1.38. The maximum absolute atomic E-state index is 14.4. The van der Waals surface area contributed by atoms with Crippen LogP contribution < -0.4 is 5.56 Å². The van der Waals surface area contributed by atoms with E-state index < -0.39 is 16.8 Å². The van der Waals surface area contributed by atoms with Gasteiger partial charge in [-0.3, -0.25) is 9.36 Å². The SMILES string of the molecule is CCCC[S@@](=O)/N=C(/C)c1cc(F)cc2c(=O)n3c(nc12)C1(CCOCC1)CC3. The molecular formula is C21H26FN3O3S. The smallest absolute Gasteiger partial charge is 0.261 e. The van der Waals surface area contributed by atoms with Gasteiger partial charge in [-0.2, -0.15) is 4.40 Å². The number of fused-ring (bicyclic) bond motifs is 3. The first-order valence-corrected chi connectivity index (χ1v) is 11.5.